The normalized spacial score (nSPS) is 13.0. The highest BCUT2D eigenvalue weighted by Gasteiger charge is 2.19. The van der Waals surface area contributed by atoms with Gasteiger partial charge >= 0.3 is 17.9 Å². The first-order valence-electron chi connectivity index (χ1n) is 34.7. The Morgan fingerprint density at radius 3 is 0.771 bits per heavy atom. The number of esters is 3. The number of carbonyl (C=O) groups excluding carboxylic acids is 3. The van der Waals surface area contributed by atoms with Gasteiger partial charge in [0.25, 0.3) is 0 Å². The molecule has 0 aromatic carbocycles. The molecule has 0 aliphatic rings. The zero-order valence-corrected chi connectivity index (χ0v) is 54.2. The van der Waals surface area contributed by atoms with Gasteiger partial charge in [-0.05, 0) is 122 Å². The lowest BCUT2D eigenvalue weighted by Crippen LogP contribution is -2.30. The highest BCUT2D eigenvalue weighted by Crippen LogP contribution is 2.16. The molecule has 0 amide bonds. The fraction of sp³-hybridized carbons (Fsp3) is 0.675. The van der Waals surface area contributed by atoms with Crippen LogP contribution in [0.5, 0.6) is 0 Å². The van der Waals surface area contributed by atoms with Crippen molar-refractivity contribution in [2.24, 2.45) is 0 Å². The van der Waals surface area contributed by atoms with Crippen molar-refractivity contribution in [2.75, 3.05) is 13.2 Å². The van der Waals surface area contributed by atoms with Gasteiger partial charge in [0.15, 0.2) is 6.10 Å². The molecule has 0 saturated carbocycles. The maximum atomic E-state index is 12.9. The van der Waals surface area contributed by atoms with Gasteiger partial charge in [0.05, 0.1) is 0 Å². The van der Waals surface area contributed by atoms with Gasteiger partial charge in [-0.25, -0.2) is 0 Å². The van der Waals surface area contributed by atoms with Crippen LogP contribution in [0.3, 0.4) is 0 Å². The standard InChI is InChI=1S/C77H128O6/c1-4-7-10-13-16-19-22-24-26-28-30-32-33-34-35-36-37-38-39-40-41-42-43-45-46-48-50-52-55-58-61-64-67-70-76(79)82-73-74(72-81-75(78)69-66-63-60-57-54-21-18-15-12-9-6-3)83-77(80)71-68-65-62-59-56-53-51-49-47-44-31-29-27-25-23-20-17-14-11-8-5-2/h7,10,16,19,24,26,29-32,34-35,37-38,40-41,43,45,48,50,55,58,74H,4-6,8-9,11-15,17-18,20-23,25,27-28,33,36,39,42,44,46-47,49,51-54,56-57,59-73H2,1-3H3/b10-7-,19-16-,26-24-,31-29-,32-30-,35-34-,38-37-,41-40-,45-43-,50-48-,58-55-. The highest BCUT2D eigenvalue weighted by molar-refractivity contribution is 5.71. The zero-order valence-electron chi connectivity index (χ0n) is 54.2. The Hall–Kier alpha value is -4.45. The molecule has 0 aliphatic carbocycles. The molecule has 0 saturated heterocycles. The number of hydrogen-bond acceptors (Lipinski definition) is 6. The van der Waals surface area contributed by atoms with Crippen molar-refractivity contribution in [1.82, 2.24) is 0 Å². The first kappa shape index (κ1) is 78.5. The average Bonchev–Trinajstić information content (AvgIpc) is 3.48. The fourth-order valence-electron chi connectivity index (χ4n) is 9.47. The Labute approximate surface area is 513 Å². The smallest absolute Gasteiger partial charge is 0.306 e. The third-order valence-electron chi connectivity index (χ3n) is 14.6. The maximum absolute atomic E-state index is 12.9. The molecule has 83 heavy (non-hydrogen) atoms. The van der Waals surface area contributed by atoms with Gasteiger partial charge in [-0.15, -0.1) is 0 Å². The Balaban J connectivity index is 4.35. The van der Waals surface area contributed by atoms with Crippen LogP contribution in [0.1, 0.15) is 316 Å². The summed E-state index contributed by atoms with van der Waals surface area (Å²) in [6, 6.07) is 0. The summed E-state index contributed by atoms with van der Waals surface area (Å²) in [7, 11) is 0. The minimum Gasteiger partial charge on any atom is -0.462 e. The molecule has 0 N–H and O–H groups in total. The van der Waals surface area contributed by atoms with E-state index in [1.165, 1.54) is 154 Å². The van der Waals surface area contributed by atoms with Crippen LogP contribution in [-0.2, 0) is 28.6 Å². The fourth-order valence-corrected chi connectivity index (χ4v) is 9.47. The third kappa shape index (κ3) is 68.2. The summed E-state index contributed by atoms with van der Waals surface area (Å²) in [5.74, 6) is -0.934. The molecule has 0 aromatic heterocycles. The van der Waals surface area contributed by atoms with Crippen LogP contribution < -0.4 is 0 Å². The van der Waals surface area contributed by atoms with E-state index in [4.69, 9.17) is 14.2 Å². The van der Waals surface area contributed by atoms with E-state index in [-0.39, 0.29) is 31.1 Å². The van der Waals surface area contributed by atoms with Gasteiger partial charge in [-0.1, -0.05) is 309 Å². The molecule has 6 heteroatoms. The van der Waals surface area contributed by atoms with E-state index in [0.29, 0.717) is 19.3 Å². The number of allylic oxidation sites excluding steroid dienone is 22. The van der Waals surface area contributed by atoms with Crippen LogP contribution in [0, 0.1) is 0 Å². The van der Waals surface area contributed by atoms with E-state index in [1.807, 2.05) is 0 Å². The van der Waals surface area contributed by atoms with Crippen LogP contribution >= 0.6 is 0 Å². The van der Waals surface area contributed by atoms with E-state index in [2.05, 4.69) is 154 Å². The quantitative estimate of drug-likeness (QED) is 0.0261. The second-order valence-electron chi connectivity index (χ2n) is 22.7. The molecule has 0 aliphatic heterocycles. The first-order chi connectivity index (χ1) is 41.0. The second kappa shape index (κ2) is 70.0. The number of carbonyl (C=O) groups is 3. The summed E-state index contributed by atoms with van der Waals surface area (Å²) >= 11 is 0. The van der Waals surface area contributed by atoms with Gasteiger partial charge < -0.3 is 14.2 Å². The third-order valence-corrected chi connectivity index (χ3v) is 14.6. The predicted octanol–water partition coefficient (Wildman–Crippen LogP) is 24.1. The largest absolute Gasteiger partial charge is 0.462 e. The minimum atomic E-state index is -0.800. The van der Waals surface area contributed by atoms with Gasteiger partial charge in [-0.3, -0.25) is 14.4 Å². The first-order valence-corrected chi connectivity index (χ1v) is 34.7. The second-order valence-corrected chi connectivity index (χ2v) is 22.7. The average molecular weight is 1150 g/mol. The highest BCUT2D eigenvalue weighted by atomic mass is 16.6. The Kier molecular flexibility index (Phi) is 66.3. The Morgan fingerprint density at radius 2 is 0.470 bits per heavy atom. The molecule has 1 unspecified atom stereocenters. The van der Waals surface area contributed by atoms with Gasteiger partial charge in [0.2, 0.25) is 0 Å². The van der Waals surface area contributed by atoms with E-state index >= 15 is 0 Å². The van der Waals surface area contributed by atoms with Crippen molar-refractivity contribution in [3.05, 3.63) is 134 Å². The van der Waals surface area contributed by atoms with Crippen molar-refractivity contribution in [3.63, 3.8) is 0 Å². The molecule has 0 rings (SSSR count). The summed E-state index contributed by atoms with van der Waals surface area (Å²) < 4.78 is 16.9. The topological polar surface area (TPSA) is 78.9 Å². The molecular weight excluding hydrogens is 1020 g/mol. The minimum absolute atomic E-state index is 0.0926. The predicted molar refractivity (Wildman–Crippen MR) is 362 cm³/mol. The molecule has 472 valence electrons. The summed E-state index contributed by atoms with van der Waals surface area (Å²) in [4.78, 5) is 38.3. The van der Waals surface area contributed by atoms with E-state index in [1.54, 1.807) is 0 Å². The van der Waals surface area contributed by atoms with Crippen molar-refractivity contribution < 1.29 is 28.6 Å². The lowest BCUT2D eigenvalue weighted by molar-refractivity contribution is -0.167. The van der Waals surface area contributed by atoms with Crippen molar-refractivity contribution in [1.29, 1.82) is 0 Å². The molecule has 1 atom stereocenters. The number of hydrogen-bond donors (Lipinski definition) is 0. The molecule has 6 nitrogen and oxygen atoms in total. The van der Waals surface area contributed by atoms with Crippen molar-refractivity contribution in [3.8, 4) is 0 Å². The molecule has 0 aromatic rings. The Bertz CT molecular complexity index is 1750. The molecular formula is C77H128O6. The van der Waals surface area contributed by atoms with E-state index in [0.717, 1.165) is 122 Å². The summed E-state index contributed by atoms with van der Waals surface area (Å²) in [5.41, 5.74) is 0. The lowest BCUT2D eigenvalue weighted by atomic mass is 10.1. The van der Waals surface area contributed by atoms with Gasteiger partial charge in [0.1, 0.15) is 13.2 Å². The SMILES string of the molecule is CC/C=C\C/C=C\C/C=C\C/C=C\C/C=C\C/C=C\C/C=C\C/C=C\C/C=C\C/C=C\CCCCC(=O)OCC(COC(=O)CCCCCCCCCCCCC)OC(=O)CCCCCCCCCCC/C=C\CCCCCCCCCC. The monoisotopic (exact) mass is 1150 g/mol. The molecule has 0 fully saturated rings. The van der Waals surface area contributed by atoms with Gasteiger partial charge in [-0.2, -0.15) is 0 Å². The van der Waals surface area contributed by atoms with E-state index < -0.39 is 6.10 Å². The molecule has 0 bridgehead atoms. The van der Waals surface area contributed by atoms with Gasteiger partial charge in [0, 0.05) is 19.3 Å². The molecule has 0 radical (unpaired) electrons. The van der Waals surface area contributed by atoms with Crippen molar-refractivity contribution >= 4 is 17.9 Å². The van der Waals surface area contributed by atoms with Crippen LogP contribution in [0.2, 0.25) is 0 Å². The van der Waals surface area contributed by atoms with Crippen LogP contribution in [0.15, 0.2) is 134 Å². The summed E-state index contributed by atoms with van der Waals surface area (Å²) in [6.45, 7) is 6.50. The van der Waals surface area contributed by atoms with Crippen molar-refractivity contribution in [2.45, 2.75) is 322 Å². The zero-order chi connectivity index (χ0) is 59.9. The van der Waals surface area contributed by atoms with E-state index in [9.17, 15) is 14.4 Å². The Morgan fingerprint density at radius 1 is 0.253 bits per heavy atom. The van der Waals surface area contributed by atoms with Crippen LogP contribution in [0.25, 0.3) is 0 Å². The number of rotatable bonds is 62. The summed E-state index contributed by atoms with van der Waals surface area (Å²) in [6.07, 6.45) is 99.1. The maximum Gasteiger partial charge on any atom is 0.306 e. The van der Waals surface area contributed by atoms with Crippen LogP contribution in [-0.4, -0.2) is 37.2 Å². The molecule has 0 spiro atoms. The number of ether oxygens (including phenoxy) is 3. The molecule has 0 heterocycles. The van der Waals surface area contributed by atoms with Crippen LogP contribution in [0.4, 0.5) is 0 Å². The number of unbranched alkanes of at least 4 members (excludes halogenated alkanes) is 29. The summed E-state index contributed by atoms with van der Waals surface area (Å²) in [5, 5.41) is 0. The lowest BCUT2D eigenvalue weighted by Gasteiger charge is -2.18.